The Hall–Kier alpha value is -3.10. The first-order chi connectivity index (χ1) is 14.5. The van der Waals surface area contributed by atoms with Crippen LogP contribution in [0.25, 0.3) is 0 Å². The van der Waals surface area contributed by atoms with Crippen LogP contribution < -0.4 is 5.32 Å². The molecule has 3 heterocycles. The first kappa shape index (κ1) is 21.6. The van der Waals surface area contributed by atoms with E-state index in [1.807, 2.05) is 6.92 Å². The molecule has 30 heavy (non-hydrogen) atoms. The van der Waals surface area contributed by atoms with Crippen LogP contribution in [0.15, 0.2) is 33.4 Å². The number of piperidine rings is 1. The third-order valence-corrected chi connectivity index (χ3v) is 5.10. The first-order valence-electron chi connectivity index (χ1n) is 10.3. The Bertz CT molecular complexity index is 852. The van der Waals surface area contributed by atoms with Crippen molar-refractivity contribution in [3.63, 3.8) is 0 Å². The Balaban J connectivity index is 1.53. The smallest absolute Gasteiger partial charge is 0.309 e. The summed E-state index contributed by atoms with van der Waals surface area (Å²) in [6.07, 6.45) is 3.58. The van der Waals surface area contributed by atoms with Crippen LogP contribution in [0.2, 0.25) is 0 Å². The van der Waals surface area contributed by atoms with Crippen LogP contribution in [-0.4, -0.2) is 47.0 Å². The van der Waals surface area contributed by atoms with Gasteiger partial charge in [0.25, 0.3) is 11.8 Å². The van der Waals surface area contributed by atoms with Gasteiger partial charge in [-0.05, 0) is 44.7 Å². The number of hydrogen-bond acceptors (Lipinski definition) is 7. The predicted octanol–water partition coefficient (Wildman–Crippen LogP) is 3.17. The molecule has 3 rings (SSSR count). The van der Waals surface area contributed by atoms with Gasteiger partial charge in [0, 0.05) is 19.2 Å². The summed E-state index contributed by atoms with van der Waals surface area (Å²) in [5, 5.41) is 6.37. The standard InChI is InChI=1S/C21H27N3O6/c1-3-4-6-16(19(25)22-18-13-14(2)30-23-18)29-21(27)15-8-10-24(11-9-15)20(26)17-7-5-12-28-17/h5,7,12-13,15-16H,3-4,6,8-11H2,1-2H3,(H,22,23,25). The quantitative estimate of drug-likeness (QED) is 0.656. The van der Waals surface area contributed by atoms with Crippen molar-refractivity contribution < 1.29 is 28.1 Å². The SMILES string of the molecule is CCCCC(OC(=O)C1CCN(C(=O)c2ccco2)CC1)C(=O)Nc1cc(C)on1. The number of furan rings is 1. The average Bonchev–Trinajstić information content (AvgIpc) is 3.42. The zero-order valence-electron chi connectivity index (χ0n) is 17.3. The number of anilines is 1. The van der Waals surface area contributed by atoms with Crippen LogP contribution >= 0.6 is 0 Å². The number of nitrogens with zero attached hydrogens (tertiary/aromatic N) is 2. The van der Waals surface area contributed by atoms with Gasteiger partial charge >= 0.3 is 5.97 Å². The molecule has 1 saturated heterocycles. The van der Waals surface area contributed by atoms with Crippen molar-refractivity contribution in [1.29, 1.82) is 0 Å². The number of hydrogen-bond donors (Lipinski definition) is 1. The topological polar surface area (TPSA) is 115 Å². The molecule has 0 radical (unpaired) electrons. The molecule has 0 aromatic carbocycles. The van der Waals surface area contributed by atoms with E-state index < -0.39 is 18.0 Å². The summed E-state index contributed by atoms with van der Waals surface area (Å²) >= 11 is 0. The number of unbranched alkanes of at least 4 members (excludes halogenated alkanes) is 1. The lowest BCUT2D eigenvalue weighted by molar-refractivity contribution is -0.160. The van der Waals surface area contributed by atoms with E-state index in [1.54, 1.807) is 30.0 Å². The van der Waals surface area contributed by atoms with Crippen LogP contribution in [0.3, 0.4) is 0 Å². The maximum absolute atomic E-state index is 12.7. The third kappa shape index (κ3) is 5.49. The number of amides is 2. The number of aromatic nitrogens is 1. The second kappa shape index (κ2) is 10.1. The highest BCUT2D eigenvalue weighted by Gasteiger charge is 2.32. The highest BCUT2D eigenvalue weighted by atomic mass is 16.5. The number of nitrogens with one attached hydrogen (secondary N) is 1. The van der Waals surface area contributed by atoms with Crippen molar-refractivity contribution >= 4 is 23.6 Å². The number of likely N-dealkylation sites (tertiary alicyclic amines) is 1. The number of carbonyl (C=O) groups excluding carboxylic acids is 3. The average molecular weight is 417 g/mol. The molecule has 162 valence electrons. The first-order valence-corrected chi connectivity index (χ1v) is 10.3. The summed E-state index contributed by atoms with van der Waals surface area (Å²) in [5.41, 5.74) is 0. The van der Waals surface area contributed by atoms with Crippen LogP contribution in [0, 0.1) is 12.8 Å². The number of carbonyl (C=O) groups is 3. The summed E-state index contributed by atoms with van der Waals surface area (Å²) in [7, 11) is 0. The molecule has 0 spiro atoms. The minimum atomic E-state index is -0.891. The van der Waals surface area contributed by atoms with E-state index >= 15 is 0 Å². The van der Waals surface area contributed by atoms with Crippen LogP contribution in [-0.2, 0) is 14.3 Å². The summed E-state index contributed by atoms with van der Waals surface area (Å²) < 4.78 is 15.7. The lowest BCUT2D eigenvalue weighted by Gasteiger charge is -2.31. The minimum absolute atomic E-state index is 0.185. The van der Waals surface area contributed by atoms with E-state index in [0.717, 1.165) is 12.8 Å². The fourth-order valence-corrected chi connectivity index (χ4v) is 3.38. The Morgan fingerprint density at radius 3 is 2.70 bits per heavy atom. The molecule has 1 unspecified atom stereocenters. The van der Waals surface area contributed by atoms with Crippen LogP contribution in [0.5, 0.6) is 0 Å². The number of esters is 1. The highest BCUT2D eigenvalue weighted by Crippen LogP contribution is 2.22. The molecule has 0 saturated carbocycles. The molecule has 1 fully saturated rings. The lowest BCUT2D eigenvalue weighted by Crippen LogP contribution is -2.42. The van der Waals surface area contributed by atoms with Gasteiger partial charge in [0.05, 0.1) is 12.2 Å². The highest BCUT2D eigenvalue weighted by molar-refractivity contribution is 5.95. The number of aryl methyl sites for hydroxylation is 1. The van der Waals surface area contributed by atoms with Crippen LogP contribution in [0.4, 0.5) is 5.82 Å². The molecule has 0 bridgehead atoms. The molecule has 0 aliphatic carbocycles. The Labute approximate surface area is 174 Å². The predicted molar refractivity (Wildman–Crippen MR) is 107 cm³/mol. The van der Waals surface area contributed by atoms with Crippen molar-refractivity contribution in [2.75, 3.05) is 18.4 Å². The van der Waals surface area contributed by atoms with Crippen molar-refractivity contribution in [2.24, 2.45) is 5.92 Å². The molecule has 9 nitrogen and oxygen atoms in total. The Morgan fingerprint density at radius 2 is 2.10 bits per heavy atom. The fourth-order valence-electron chi connectivity index (χ4n) is 3.38. The minimum Gasteiger partial charge on any atom is -0.459 e. The normalized spacial score (nSPS) is 15.6. The van der Waals surface area contributed by atoms with Crippen LogP contribution in [0.1, 0.15) is 55.3 Å². The van der Waals surface area contributed by atoms with E-state index in [-0.39, 0.29) is 17.6 Å². The zero-order valence-corrected chi connectivity index (χ0v) is 17.3. The van der Waals surface area contributed by atoms with E-state index in [0.29, 0.717) is 43.9 Å². The third-order valence-electron chi connectivity index (χ3n) is 5.10. The Morgan fingerprint density at radius 1 is 1.33 bits per heavy atom. The van der Waals surface area contributed by atoms with Gasteiger partial charge in [0.2, 0.25) is 0 Å². The van der Waals surface area contributed by atoms with E-state index in [4.69, 9.17) is 13.7 Å². The maximum Gasteiger partial charge on any atom is 0.309 e. The van der Waals surface area contributed by atoms with Gasteiger partial charge in [-0.1, -0.05) is 18.5 Å². The van der Waals surface area contributed by atoms with Gasteiger partial charge in [0.1, 0.15) is 5.76 Å². The molecule has 2 amide bonds. The van der Waals surface area contributed by atoms with Gasteiger partial charge in [-0.25, -0.2) is 0 Å². The monoisotopic (exact) mass is 417 g/mol. The van der Waals surface area contributed by atoms with Gasteiger partial charge < -0.3 is 23.9 Å². The van der Waals surface area contributed by atoms with Gasteiger partial charge in [-0.2, -0.15) is 0 Å². The molecule has 1 N–H and O–H groups in total. The Kier molecular flexibility index (Phi) is 7.26. The number of rotatable bonds is 8. The molecule has 2 aromatic heterocycles. The van der Waals surface area contributed by atoms with Gasteiger partial charge in [-0.3, -0.25) is 14.4 Å². The second-order valence-electron chi connectivity index (χ2n) is 7.42. The summed E-state index contributed by atoms with van der Waals surface area (Å²) in [6, 6.07) is 4.89. The molecular weight excluding hydrogens is 390 g/mol. The molecule has 9 heteroatoms. The zero-order chi connectivity index (χ0) is 21.5. The molecule has 1 atom stereocenters. The van der Waals surface area contributed by atoms with E-state index in [2.05, 4.69) is 10.5 Å². The molecule has 2 aromatic rings. The largest absolute Gasteiger partial charge is 0.459 e. The lowest BCUT2D eigenvalue weighted by atomic mass is 9.96. The second-order valence-corrected chi connectivity index (χ2v) is 7.42. The van der Waals surface area contributed by atoms with Crippen molar-refractivity contribution in [2.45, 2.75) is 52.1 Å². The van der Waals surface area contributed by atoms with Crippen molar-refractivity contribution in [1.82, 2.24) is 10.1 Å². The van der Waals surface area contributed by atoms with E-state index in [9.17, 15) is 14.4 Å². The van der Waals surface area contributed by atoms with Crippen molar-refractivity contribution in [3.05, 3.63) is 36.0 Å². The fraction of sp³-hybridized carbons (Fsp3) is 0.524. The molecule has 1 aliphatic heterocycles. The summed E-state index contributed by atoms with van der Waals surface area (Å²) in [4.78, 5) is 39.3. The van der Waals surface area contributed by atoms with Gasteiger partial charge in [-0.15, -0.1) is 0 Å². The summed E-state index contributed by atoms with van der Waals surface area (Å²) in [6.45, 7) is 4.59. The van der Waals surface area contributed by atoms with Gasteiger partial charge in [0.15, 0.2) is 17.7 Å². The van der Waals surface area contributed by atoms with E-state index in [1.165, 1.54) is 6.26 Å². The van der Waals surface area contributed by atoms with Crippen molar-refractivity contribution in [3.8, 4) is 0 Å². The number of ether oxygens (including phenoxy) is 1. The summed E-state index contributed by atoms with van der Waals surface area (Å²) in [5.74, 6) is -0.214. The molecule has 1 aliphatic rings. The maximum atomic E-state index is 12.7. The molecular formula is C21H27N3O6.